The van der Waals surface area contributed by atoms with E-state index < -0.39 is 10.0 Å². The summed E-state index contributed by atoms with van der Waals surface area (Å²) in [5.41, 5.74) is 0.782. The number of hydrogen-bond acceptors (Lipinski definition) is 4. The quantitative estimate of drug-likeness (QED) is 0.802. The second-order valence-electron chi connectivity index (χ2n) is 8.34. The van der Waals surface area contributed by atoms with Gasteiger partial charge in [-0.2, -0.15) is 4.31 Å². The van der Waals surface area contributed by atoms with Crippen LogP contribution in [0.25, 0.3) is 0 Å². The Kier molecular flexibility index (Phi) is 6.92. The third-order valence-electron chi connectivity index (χ3n) is 4.63. The highest BCUT2D eigenvalue weighted by Gasteiger charge is 2.33. The first-order valence-corrected chi connectivity index (χ1v) is 11.0. The molecule has 1 heterocycles. The highest BCUT2D eigenvalue weighted by molar-refractivity contribution is 7.89. The SMILES string of the molecule is CCOc1ccc(S(=O)(=O)N2CCCC(C(=O)NCC(C)(C)C)C2)cc1C. The summed E-state index contributed by atoms with van der Waals surface area (Å²) in [4.78, 5) is 12.7. The number of piperidine rings is 1. The molecule has 7 heteroatoms. The lowest BCUT2D eigenvalue weighted by molar-refractivity contribution is -0.126. The molecule has 1 atom stereocenters. The zero-order chi connectivity index (χ0) is 20.2. The smallest absolute Gasteiger partial charge is 0.243 e. The minimum absolute atomic E-state index is 0.00404. The van der Waals surface area contributed by atoms with E-state index in [0.29, 0.717) is 38.3 Å². The molecule has 1 aromatic rings. The largest absolute Gasteiger partial charge is 0.494 e. The number of carbonyl (C=O) groups is 1. The Labute approximate surface area is 163 Å². The van der Waals surface area contributed by atoms with Crippen LogP contribution >= 0.6 is 0 Å². The van der Waals surface area contributed by atoms with Crippen molar-refractivity contribution in [2.75, 3.05) is 26.2 Å². The van der Waals surface area contributed by atoms with Crippen LogP contribution in [0.3, 0.4) is 0 Å². The van der Waals surface area contributed by atoms with Crippen molar-refractivity contribution >= 4 is 15.9 Å². The second-order valence-corrected chi connectivity index (χ2v) is 10.3. The van der Waals surface area contributed by atoms with Crippen LogP contribution in [-0.2, 0) is 14.8 Å². The van der Waals surface area contributed by atoms with Crippen LogP contribution in [0.1, 0.15) is 46.1 Å². The molecule has 0 saturated carbocycles. The van der Waals surface area contributed by atoms with Crippen LogP contribution in [0, 0.1) is 18.3 Å². The monoisotopic (exact) mass is 396 g/mol. The summed E-state index contributed by atoms with van der Waals surface area (Å²) in [6.45, 7) is 11.7. The van der Waals surface area contributed by atoms with E-state index in [2.05, 4.69) is 26.1 Å². The van der Waals surface area contributed by atoms with Gasteiger partial charge in [0.25, 0.3) is 0 Å². The van der Waals surface area contributed by atoms with Crippen LogP contribution in [0.5, 0.6) is 5.75 Å². The zero-order valence-corrected chi connectivity index (χ0v) is 17.9. The van der Waals surface area contributed by atoms with Crippen molar-refractivity contribution in [1.29, 1.82) is 0 Å². The first-order valence-electron chi connectivity index (χ1n) is 9.56. The molecule has 1 aliphatic heterocycles. The summed E-state index contributed by atoms with van der Waals surface area (Å²) in [5, 5.41) is 2.96. The Balaban J connectivity index is 2.12. The number of carbonyl (C=O) groups excluding carboxylic acids is 1. The van der Waals surface area contributed by atoms with Gasteiger partial charge < -0.3 is 10.1 Å². The molecule has 1 aromatic carbocycles. The summed E-state index contributed by atoms with van der Waals surface area (Å²) in [6, 6.07) is 4.92. The van der Waals surface area contributed by atoms with Gasteiger partial charge in [0.15, 0.2) is 0 Å². The molecule has 1 fully saturated rings. The number of rotatable bonds is 6. The summed E-state index contributed by atoms with van der Waals surface area (Å²) in [5.74, 6) is 0.321. The van der Waals surface area contributed by atoms with E-state index in [1.807, 2.05) is 13.8 Å². The topological polar surface area (TPSA) is 75.7 Å². The van der Waals surface area contributed by atoms with Gasteiger partial charge in [-0.3, -0.25) is 4.79 Å². The molecule has 0 radical (unpaired) electrons. The predicted octanol–water partition coefficient (Wildman–Crippen LogP) is 2.96. The number of hydrogen-bond donors (Lipinski definition) is 1. The molecule has 6 nitrogen and oxygen atoms in total. The molecule has 0 bridgehead atoms. The van der Waals surface area contributed by atoms with Crippen molar-refractivity contribution in [1.82, 2.24) is 9.62 Å². The van der Waals surface area contributed by atoms with Gasteiger partial charge in [-0.1, -0.05) is 20.8 Å². The minimum atomic E-state index is -3.63. The van der Waals surface area contributed by atoms with Crippen LogP contribution in [0.15, 0.2) is 23.1 Å². The van der Waals surface area contributed by atoms with E-state index in [9.17, 15) is 13.2 Å². The Bertz CT molecular complexity index is 769. The standard InChI is InChI=1S/C20H32N2O4S/c1-6-26-18-10-9-17(12-15(18)2)27(24,25)22-11-7-8-16(13-22)19(23)21-14-20(3,4)5/h9-10,12,16H,6-8,11,13-14H2,1-5H3,(H,21,23). The molecule has 1 amide bonds. The van der Waals surface area contributed by atoms with Crippen LogP contribution in [0.4, 0.5) is 0 Å². The maximum Gasteiger partial charge on any atom is 0.243 e. The van der Waals surface area contributed by atoms with Crippen molar-refractivity contribution in [3.8, 4) is 5.75 Å². The van der Waals surface area contributed by atoms with E-state index in [0.717, 1.165) is 5.56 Å². The fraction of sp³-hybridized carbons (Fsp3) is 0.650. The third kappa shape index (κ3) is 5.69. The lowest BCUT2D eigenvalue weighted by Gasteiger charge is -2.32. The van der Waals surface area contributed by atoms with E-state index in [1.165, 1.54) is 4.31 Å². The van der Waals surface area contributed by atoms with Gasteiger partial charge in [0.1, 0.15) is 5.75 Å². The maximum absolute atomic E-state index is 13.0. The number of amides is 1. The number of nitrogens with one attached hydrogen (secondary N) is 1. The van der Waals surface area contributed by atoms with Gasteiger partial charge in [-0.25, -0.2) is 8.42 Å². The zero-order valence-electron chi connectivity index (χ0n) is 17.0. The Morgan fingerprint density at radius 1 is 1.33 bits per heavy atom. The lowest BCUT2D eigenvalue weighted by Crippen LogP contribution is -2.46. The summed E-state index contributed by atoms with van der Waals surface area (Å²) < 4.78 is 33.0. The van der Waals surface area contributed by atoms with Gasteiger partial charge in [0.2, 0.25) is 15.9 Å². The van der Waals surface area contributed by atoms with Crippen LogP contribution in [0.2, 0.25) is 0 Å². The highest BCUT2D eigenvalue weighted by Crippen LogP contribution is 2.27. The van der Waals surface area contributed by atoms with Gasteiger partial charge in [-0.05, 0) is 55.9 Å². The first-order chi connectivity index (χ1) is 12.5. The van der Waals surface area contributed by atoms with Crippen molar-refractivity contribution in [2.24, 2.45) is 11.3 Å². The van der Waals surface area contributed by atoms with Crippen molar-refractivity contribution in [2.45, 2.75) is 52.4 Å². The average Bonchev–Trinajstić information content (AvgIpc) is 2.61. The molecule has 0 aromatic heterocycles. The third-order valence-corrected chi connectivity index (χ3v) is 6.49. The molecule has 1 unspecified atom stereocenters. The second kappa shape index (κ2) is 8.61. The lowest BCUT2D eigenvalue weighted by atomic mass is 9.95. The maximum atomic E-state index is 13.0. The van der Waals surface area contributed by atoms with Crippen molar-refractivity contribution in [3.63, 3.8) is 0 Å². The first kappa shape index (κ1) is 21.7. The summed E-state index contributed by atoms with van der Waals surface area (Å²) in [6.07, 6.45) is 1.40. The Morgan fingerprint density at radius 2 is 2.04 bits per heavy atom. The molecule has 152 valence electrons. The number of benzene rings is 1. The highest BCUT2D eigenvalue weighted by atomic mass is 32.2. The van der Waals surface area contributed by atoms with Gasteiger partial charge >= 0.3 is 0 Å². The molecular formula is C20H32N2O4S. The number of nitrogens with zero attached hydrogens (tertiary/aromatic N) is 1. The molecule has 27 heavy (non-hydrogen) atoms. The Morgan fingerprint density at radius 3 is 2.63 bits per heavy atom. The summed E-state index contributed by atoms with van der Waals surface area (Å²) >= 11 is 0. The normalized spacial score (nSPS) is 18.9. The fourth-order valence-corrected chi connectivity index (χ4v) is 4.73. The average molecular weight is 397 g/mol. The predicted molar refractivity (Wildman–Crippen MR) is 106 cm³/mol. The van der Waals surface area contributed by atoms with Gasteiger partial charge in [-0.15, -0.1) is 0 Å². The van der Waals surface area contributed by atoms with E-state index in [1.54, 1.807) is 18.2 Å². The molecule has 1 aliphatic rings. The molecular weight excluding hydrogens is 364 g/mol. The Hall–Kier alpha value is -1.60. The molecule has 1 saturated heterocycles. The van der Waals surface area contributed by atoms with Crippen molar-refractivity contribution in [3.05, 3.63) is 23.8 Å². The van der Waals surface area contributed by atoms with Crippen LogP contribution in [-0.4, -0.2) is 44.9 Å². The van der Waals surface area contributed by atoms with E-state index in [4.69, 9.17) is 4.74 Å². The van der Waals surface area contributed by atoms with Gasteiger partial charge in [0.05, 0.1) is 17.4 Å². The molecule has 1 N–H and O–H groups in total. The van der Waals surface area contributed by atoms with Crippen molar-refractivity contribution < 1.29 is 17.9 Å². The minimum Gasteiger partial charge on any atom is -0.494 e. The van der Waals surface area contributed by atoms with Crippen LogP contribution < -0.4 is 10.1 Å². The number of ether oxygens (including phenoxy) is 1. The van der Waals surface area contributed by atoms with Gasteiger partial charge in [0, 0.05) is 19.6 Å². The van der Waals surface area contributed by atoms with E-state index >= 15 is 0 Å². The molecule has 2 rings (SSSR count). The summed E-state index contributed by atoms with van der Waals surface area (Å²) in [7, 11) is -3.63. The molecule has 0 aliphatic carbocycles. The fourth-order valence-electron chi connectivity index (χ4n) is 3.12. The molecule has 0 spiro atoms. The number of aryl methyl sites for hydroxylation is 1. The van der Waals surface area contributed by atoms with E-state index in [-0.39, 0.29) is 28.7 Å². The number of sulfonamides is 1.